The van der Waals surface area contributed by atoms with Crippen molar-refractivity contribution in [2.24, 2.45) is 0 Å². The Balaban J connectivity index is 1.68. The van der Waals surface area contributed by atoms with Gasteiger partial charge in [-0.05, 0) is 43.6 Å². The van der Waals surface area contributed by atoms with Gasteiger partial charge < -0.3 is 4.90 Å². The lowest BCUT2D eigenvalue weighted by molar-refractivity contribution is -0.130. The normalized spacial score (nSPS) is 30.7. The Morgan fingerprint density at radius 1 is 1.30 bits per heavy atom. The van der Waals surface area contributed by atoms with Gasteiger partial charge in [0.15, 0.2) is 0 Å². The highest BCUT2D eigenvalue weighted by Crippen LogP contribution is 2.44. The molecule has 0 atom stereocenters. The van der Waals surface area contributed by atoms with Gasteiger partial charge in [-0.3, -0.25) is 9.48 Å². The SMILES string of the molecule is CC(C)c1cnn(C2CCC3(CCC(=O)N3C)CC2)c1. The van der Waals surface area contributed by atoms with E-state index in [-0.39, 0.29) is 5.54 Å². The first kappa shape index (κ1) is 13.7. The quantitative estimate of drug-likeness (QED) is 0.831. The van der Waals surface area contributed by atoms with E-state index in [9.17, 15) is 4.79 Å². The van der Waals surface area contributed by atoms with Gasteiger partial charge in [-0.1, -0.05) is 13.8 Å². The minimum absolute atomic E-state index is 0.154. The predicted octanol–water partition coefficient (Wildman–Crippen LogP) is 3.11. The number of likely N-dealkylation sites (tertiary alicyclic amines) is 1. The van der Waals surface area contributed by atoms with Crippen molar-refractivity contribution < 1.29 is 4.79 Å². The molecule has 1 spiro atoms. The molecule has 2 aliphatic rings. The predicted molar refractivity (Wildman–Crippen MR) is 78.6 cm³/mol. The Morgan fingerprint density at radius 2 is 2.00 bits per heavy atom. The summed E-state index contributed by atoms with van der Waals surface area (Å²) >= 11 is 0. The molecule has 110 valence electrons. The highest BCUT2D eigenvalue weighted by Gasteiger charge is 2.45. The molecular weight excluding hydrogens is 250 g/mol. The Bertz CT molecular complexity index is 498. The Morgan fingerprint density at radius 3 is 2.50 bits per heavy atom. The molecule has 1 aromatic rings. The fraction of sp³-hybridized carbons (Fsp3) is 0.750. The molecule has 1 saturated heterocycles. The second-order valence-electron chi connectivity index (χ2n) is 6.82. The van der Waals surface area contributed by atoms with Crippen molar-refractivity contribution in [2.75, 3.05) is 7.05 Å². The van der Waals surface area contributed by atoms with Crippen molar-refractivity contribution in [2.45, 2.75) is 69.9 Å². The van der Waals surface area contributed by atoms with E-state index in [0.717, 1.165) is 38.5 Å². The number of rotatable bonds is 2. The molecule has 0 unspecified atom stereocenters. The van der Waals surface area contributed by atoms with Crippen LogP contribution in [-0.4, -0.2) is 33.2 Å². The summed E-state index contributed by atoms with van der Waals surface area (Å²) in [6.07, 6.45) is 10.5. The van der Waals surface area contributed by atoms with Gasteiger partial charge in [0.05, 0.1) is 12.2 Å². The fourth-order valence-electron chi connectivity index (χ4n) is 3.78. The van der Waals surface area contributed by atoms with Crippen LogP contribution in [0.25, 0.3) is 0 Å². The molecule has 2 heterocycles. The lowest BCUT2D eigenvalue weighted by Gasteiger charge is -2.42. The molecule has 0 N–H and O–H groups in total. The van der Waals surface area contributed by atoms with Crippen LogP contribution in [0.1, 0.15) is 69.9 Å². The molecule has 20 heavy (non-hydrogen) atoms. The minimum Gasteiger partial charge on any atom is -0.340 e. The van der Waals surface area contributed by atoms with E-state index in [0.29, 0.717) is 17.9 Å². The van der Waals surface area contributed by atoms with Crippen LogP contribution in [0.15, 0.2) is 12.4 Å². The summed E-state index contributed by atoms with van der Waals surface area (Å²) in [5.74, 6) is 0.863. The lowest BCUT2D eigenvalue weighted by Crippen LogP contribution is -2.46. The van der Waals surface area contributed by atoms with Gasteiger partial charge in [0.1, 0.15) is 0 Å². The van der Waals surface area contributed by atoms with Crippen LogP contribution in [0, 0.1) is 0 Å². The first-order valence-electron chi connectivity index (χ1n) is 7.82. The fourth-order valence-corrected chi connectivity index (χ4v) is 3.78. The lowest BCUT2D eigenvalue weighted by atomic mass is 9.78. The van der Waals surface area contributed by atoms with Crippen LogP contribution in [0.5, 0.6) is 0 Å². The van der Waals surface area contributed by atoms with Crippen LogP contribution in [-0.2, 0) is 4.79 Å². The van der Waals surface area contributed by atoms with E-state index in [4.69, 9.17) is 0 Å². The van der Waals surface area contributed by atoms with Gasteiger partial charge in [-0.15, -0.1) is 0 Å². The zero-order valence-corrected chi connectivity index (χ0v) is 12.8. The molecule has 1 amide bonds. The molecule has 1 aliphatic carbocycles. The van der Waals surface area contributed by atoms with Gasteiger partial charge in [0.2, 0.25) is 5.91 Å². The van der Waals surface area contributed by atoms with Gasteiger partial charge in [-0.2, -0.15) is 5.10 Å². The summed E-state index contributed by atoms with van der Waals surface area (Å²) in [5.41, 5.74) is 1.47. The summed E-state index contributed by atoms with van der Waals surface area (Å²) in [4.78, 5) is 13.8. The largest absolute Gasteiger partial charge is 0.340 e. The maximum Gasteiger partial charge on any atom is 0.222 e. The second kappa shape index (κ2) is 4.90. The standard InChI is InChI=1S/C16H25N3O/c1-12(2)13-10-17-19(11-13)14-4-7-16(8-5-14)9-6-15(20)18(16)3/h10-12,14H,4-9H2,1-3H3. The van der Waals surface area contributed by atoms with Crippen LogP contribution in [0.2, 0.25) is 0 Å². The third kappa shape index (κ3) is 2.15. The highest BCUT2D eigenvalue weighted by molar-refractivity contribution is 5.79. The van der Waals surface area contributed by atoms with Crippen molar-refractivity contribution >= 4 is 5.91 Å². The molecule has 0 aromatic carbocycles. The number of hydrogen-bond acceptors (Lipinski definition) is 2. The average Bonchev–Trinajstić information content (AvgIpc) is 3.03. The molecule has 0 radical (unpaired) electrons. The van der Waals surface area contributed by atoms with Crippen LogP contribution < -0.4 is 0 Å². The molecular formula is C16H25N3O. The van der Waals surface area contributed by atoms with Crippen LogP contribution >= 0.6 is 0 Å². The molecule has 1 aliphatic heterocycles. The Kier molecular flexibility index (Phi) is 3.35. The summed E-state index contributed by atoms with van der Waals surface area (Å²) in [6, 6.07) is 0.511. The van der Waals surface area contributed by atoms with Crippen molar-refractivity contribution in [1.82, 2.24) is 14.7 Å². The first-order valence-corrected chi connectivity index (χ1v) is 7.82. The van der Waals surface area contributed by atoms with E-state index in [1.807, 2.05) is 18.1 Å². The first-order chi connectivity index (χ1) is 9.52. The van der Waals surface area contributed by atoms with Crippen molar-refractivity contribution in [3.8, 4) is 0 Å². The van der Waals surface area contributed by atoms with Gasteiger partial charge >= 0.3 is 0 Å². The van der Waals surface area contributed by atoms with Gasteiger partial charge in [0.25, 0.3) is 0 Å². The topological polar surface area (TPSA) is 38.1 Å². The molecule has 3 rings (SSSR count). The number of carbonyl (C=O) groups excluding carboxylic acids is 1. The third-order valence-electron chi connectivity index (χ3n) is 5.44. The minimum atomic E-state index is 0.154. The van der Waals surface area contributed by atoms with E-state index in [1.54, 1.807) is 0 Å². The summed E-state index contributed by atoms with van der Waals surface area (Å²) < 4.78 is 2.15. The number of nitrogens with zero attached hydrogens (tertiary/aromatic N) is 3. The van der Waals surface area contributed by atoms with Crippen molar-refractivity contribution in [3.05, 3.63) is 18.0 Å². The van der Waals surface area contributed by atoms with E-state index in [2.05, 4.69) is 29.8 Å². The number of aromatic nitrogens is 2. The zero-order chi connectivity index (χ0) is 14.3. The van der Waals surface area contributed by atoms with Crippen LogP contribution in [0.3, 0.4) is 0 Å². The second-order valence-corrected chi connectivity index (χ2v) is 6.82. The van der Waals surface area contributed by atoms with E-state index < -0.39 is 0 Å². The number of hydrogen-bond donors (Lipinski definition) is 0. The molecule has 1 aromatic heterocycles. The smallest absolute Gasteiger partial charge is 0.222 e. The Labute approximate surface area is 121 Å². The molecule has 1 saturated carbocycles. The summed E-state index contributed by atoms with van der Waals surface area (Å²) in [6.45, 7) is 4.41. The number of carbonyl (C=O) groups is 1. The Hall–Kier alpha value is -1.32. The van der Waals surface area contributed by atoms with Crippen molar-refractivity contribution in [3.63, 3.8) is 0 Å². The average molecular weight is 275 g/mol. The number of amides is 1. The van der Waals surface area contributed by atoms with E-state index in [1.165, 1.54) is 5.56 Å². The third-order valence-corrected chi connectivity index (χ3v) is 5.44. The molecule has 4 nitrogen and oxygen atoms in total. The van der Waals surface area contributed by atoms with Gasteiger partial charge in [-0.25, -0.2) is 0 Å². The van der Waals surface area contributed by atoms with Crippen LogP contribution in [0.4, 0.5) is 0 Å². The maximum absolute atomic E-state index is 11.8. The van der Waals surface area contributed by atoms with E-state index >= 15 is 0 Å². The molecule has 2 fully saturated rings. The zero-order valence-electron chi connectivity index (χ0n) is 12.8. The molecule has 0 bridgehead atoms. The molecule has 4 heteroatoms. The monoisotopic (exact) mass is 275 g/mol. The maximum atomic E-state index is 11.8. The van der Waals surface area contributed by atoms with Crippen molar-refractivity contribution in [1.29, 1.82) is 0 Å². The highest BCUT2D eigenvalue weighted by atomic mass is 16.2. The van der Waals surface area contributed by atoms with Gasteiger partial charge in [0, 0.05) is 25.2 Å². The summed E-state index contributed by atoms with van der Waals surface area (Å²) in [7, 11) is 1.99. The summed E-state index contributed by atoms with van der Waals surface area (Å²) in [5, 5.41) is 4.55.